The summed E-state index contributed by atoms with van der Waals surface area (Å²) >= 11 is 0. The zero-order valence-electron chi connectivity index (χ0n) is 18.9. The Morgan fingerprint density at radius 2 is 1.63 bits per heavy atom. The SMILES string of the molecule is CC(C)COC(=O)N[C@@H](CC(C)(C)CC(C)(C)C(=O)OCc1ccccc1)C(=O)O. The van der Waals surface area contributed by atoms with E-state index in [0.717, 1.165) is 5.56 Å². The lowest BCUT2D eigenvalue weighted by Gasteiger charge is -2.35. The monoisotopic (exact) mass is 421 g/mol. The average molecular weight is 422 g/mol. The number of rotatable bonds is 11. The number of carboxylic acids is 1. The predicted octanol–water partition coefficient (Wildman–Crippen LogP) is 4.40. The fraction of sp³-hybridized carbons (Fsp3) is 0.609. The fourth-order valence-corrected chi connectivity index (χ4v) is 3.44. The van der Waals surface area contributed by atoms with Crippen molar-refractivity contribution in [2.75, 3.05) is 6.61 Å². The fourth-order valence-electron chi connectivity index (χ4n) is 3.44. The topological polar surface area (TPSA) is 102 Å². The Kier molecular flexibility index (Phi) is 9.33. The van der Waals surface area contributed by atoms with E-state index in [4.69, 9.17) is 9.47 Å². The smallest absolute Gasteiger partial charge is 0.407 e. The molecule has 0 fully saturated rings. The van der Waals surface area contributed by atoms with E-state index in [9.17, 15) is 19.5 Å². The zero-order valence-corrected chi connectivity index (χ0v) is 18.9. The maximum Gasteiger partial charge on any atom is 0.407 e. The Bertz CT molecular complexity index is 712. The van der Waals surface area contributed by atoms with E-state index in [0.29, 0.717) is 6.42 Å². The summed E-state index contributed by atoms with van der Waals surface area (Å²) in [5.41, 5.74) is -0.473. The molecule has 1 rings (SSSR count). The van der Waals surface area contributed by atoms with Crippen LogP contribution in [0.25, 0.3) is 0 Å². The van der Waals surface area contributed by atoms with Crippen molar-refractivity contribution in [2.45, 2.75) is 67.0 Å². The normalized spacial score (nSPS) is 12.9. The second kappa shape index (κ2) is 11.0. The summed E-state index contributed by atoms with van der Waals surface area (Å²) < 4.78 is 10.5. The number of aliphatic carboxylic acids is 1. The number of hydrogen-bond donors (Lipinski definition) is 2. The van der Waals surface area contributed by atoms with Gasteiger partial charge < -0.3 is 19.9 Å². The van der Waals surface area contributed by atoms with Gasteiger partial charge in [0, 0.05) is 0 Å². The molecule has 0 bridgehead atoms. The summed E-state index contributed by atoms with van der Waals surface area (Å²) in [5.74, 6) is -1.34. The molecule has 0 unspecified atom stereocenters. The highest BCUT2D eigenvalue weighted by atomic mass is 16.5. The first kappa shape index (κ1) is 25.5. The molecule has 168 valence electrons. The molecule has 2 N–H and O–H groups in total. The van der Waals surface area contributed by atoms with Gasteiger partial charge in [0.05, 0.1) is 12.0 Å². The second-order valence-corrected chi connectivity index (χ2v) is 9.52. The molecule has 0 spiro atoms. The summed E-state index contributed by atoms with van der Waals surface area (Å²) in [6, 6.07) is 8.29. The molecular formula is C23H35NO6. The van der Waals surface area contributed by atoms with Gasteiger partial charge in [0.2, 0.25) is 0 Å². The number of ether oxygens (including phenoxy) is 2. The van der Waals surface area contributed by atoms with E-state index in [1.165, 1.54) is 0 Å². The van der Waals surface area contributed by atoms with Crippen molar-refractivity contribution in [3.63, 3.8) is 0 Å². The standard InChI is InChI=1S/C23H35NO6/c1-16(2)13-30-21(28)24-18(19(25)26)12-22(3,4)15-23(5,6)20(27)29-14-17-10-8-7-9-11-17/h7-11,16,18H,12-15H2,1-6H3,(H,24,28)(H,25,26)/t18-/m0/s1. The van der Waals surface area contributed by atoms with Crippen molar-refractivity contribution >= 4 is 18.0 Å². The molecular weight excluding hydrogens is 386 g/mol. The molecule has 1 aromatic rings. The van der Waals surface area contributed by atoms with E-state index < -0.39 is 28.9 Å². The summed E-state index contributed by atoms with van der Waals surface area (Å²) in [5, 5.41) is 11.9. The Morgan fingerprint density at radius 3 is 2.17 bits per heavy atom. The quantitative estimate of drug-likeness (QED) is 0.514. The van der Waals surface area contributed by atoms with Gasteiger partial charge in [-0.1, -0.05) is 58.0 Å². The van der Waals surface area contributed by atoms with Crippen LogP contribution < -0.4 is 5.32 Å². The Balaban J connectivity index is 2.69. The highest BCUT2D eigenvalue weighted by Gasteiger charge is 2.38. The van der Waals surface area contributed by atoms with Gasteiger partial charge in [0.15, 0.2) is 0 Å². The Labute approximate surface area is 179 Å². The molecule has 0 saturated carbocycles. The lowest BCUT2D eigenvalue weighted by atomic mass is 9.72. The highest BCUT2D eigenvalue weighted by Crippen LogP contribution is 2.38. The lowest BCUT2D eigenvalue weighted by Crippen LogP contribution is -2.45. The molecule has 7 heteroatoms. The van der Waals surface area contributed by atoms with Gasteiger partial charge in [0.1, 0.15) is 12.6 Å². The minimum absolute atomic E-state index is 0.147. The second-order valence-electron chi connectivity index (χ2n) is 9.52. The van der Waals surface area contributed by atoms with Crippen molar-refractivity contribution < 1.29 is 29.0 Å². The lowest BCUT2D eigenvalue weighted by molar-refractivity contribution is -0.157. The Hall–Kier alpha value is -2.57. The molecule has 0 aliphatic heterocycles. The number of carbonyl (C=O) groups is 3. The van der Waals surface area contributed by atoms with Crippen LogP contribution in [-0.4, -0.2) is 35.8 Å². The van der Waals surface area contributed by atoms with E-state index in [1.54, 1.807) is 13.8 Å². The molecule has 1 amide bonds. The van der Waals surface area contributed by atoms with Crippen molar-refractivity contribution in [1.29, 1.82) is 0 Å². The highest BCUT2D eigenvalue weighted by molar-refractivity contribution is 5.80. The largest absolute Gasteiger partial charge is 0.480 e. The number of alkyl carbamates (subject to hydrolysis) is 1. The average Bonchev–Trinajstić information content (AvgIpc) is 2.63. The van der Waals surface area contributed by atoms with Crippen LogP contribution in [0.1, 0.15) is 59.9 Å². The Morgan fingerprint density at radius 1 is 1.03 bits per heavy atom. The molecule has 0 aliphatic carbocycles. The zero-order chi connectivity index (χ0) is 22.9. The number of carboxylic acid groups (broad SMARTS) is 1. The van der Waals surface area contributed by atoms with Crippen LogP contribution in [0.15, 0.2) is 30.3 Å². The number of amides is 1. The number of benzene rings is 1. The molecule has 0 saturated heterocycles. The van der Waals surface area contributed by atoms with Gasteiger partial charge in [-0.05, 0) is 43.6 Å². The van der Waals surface area contributed by atoms with Crippen LogP contribution in [-0.2, 0) is 25.7 Å². The molecule has 0 radical (unpaired) electrons. The molecule has 0 heterocycles. The predicted molar refractivity (Wildman–Crippen MR) is 114 cm³/mol. The van der Waals surface area contributed by atoms with Crippen LogP contribution in [0.3, 0.4) is 0 Å². The number of esters is 1. The third kappa shape index (κ3) is 9.29. The number of hydrogen-bond acceptors (Lipinski definition) is 5. The molecule has 30 heavy (non-hydrogen) atoms. The van der Waals surface area contributed by atoms with Crippen molar-refractivity contribution in [3.8, 4) is 0 Å². The van der Waals surface area contributed by atoms with Crippen molar-refractivity contribution in [2.24, 2.45) is 16.7 Å². The summed E-state index contributed by atoms with van der Waals surface area (Å²) in [6.45, 7) is 11.5. The molecule has 7 nitrogen and oxygen atoms in total. The summed E-state index contributed by atoms with van der Waals surface area (Å²) in [7, 11) is 0. The van der Waals surface area contributed by atoms with Gasteiger partial charge in [-0.3, -0.25) is 4.79 Å². The first-order chi connectivity index (χ1) is 13.8. The maximum atomic E-state index is 12.6. The molecule has 1 aromatic carbocycles. The van der Waals surface area contributed by atoms with Crippen LogP contribution in [0.2, 0.25) is 0 Å². The van der Waals surface area contributed by atoms with E-state index in [-0.39, 0.29) is 31.5 Å². The van der Waals surface area contributed by atoms with Crippen LogP contribution in [0, 0.1) is 16.7 Å². The van der Waals surface area contributed by atoms with Crippen LogP contribution in [0.5, 0.6) is 0 Å². The van der Waals surface area contributed by atoms with Crippen LogP contribution in [0.4, 0.5) is 4.79 Å². The van der Waals surface area contributed by atoms with E-state index in [1.807, 2.05) is 58.0 Å². The summed E-state index contributed by atoms with van der Waals surface area (Å²) in [6.07, 6.45) is -0.220. The van der Waals surface area contributed by atoms with Gasteiger partial charge in [-0.2, -0.15) is 0 Å². The summed E-state index contributed by atoms with van der Waals surface area (Å²) in [4.78, 5) is 36.2. The van der Waals surface area contributed by atoms with Gasteiger partial charge in [0.25, 0.3) is 0 Å². The number of carbonyl (C=O) groups excluding carboxylic acids is 2. The van der Waals surface area contributed by atoms with Crippen LogP contribution >= 0.6 is 0 Å². The van der Waals surface area contributed by atoms with Gasteiger partial charge in [-0.25, -0.2) is 9.59 Å². The maximum absolute atomic E-state index is 12.6. The van der Waals surface area contributed by atoms with E-state index in [2.05, 4.69) is 5.32 Å². The molecule has 0 aliphatic rings. The minimum atomic E-state index is -1.14. The van der Waals surface area contributed by atoms with Gasteiger partial charge in [-0.15, -0.1) is 0 Å². The molecule has 0 aromatic heterocycles. The van der Waals surface area contributed by atoms with E-state index >= 15 is 0 Å². The van der Waals surface area contributed by atoms with Gasteiger partial charge >= 0.3 is 18.0 Å². The van der Waals surface area contributed by atoms with Crippen molar-refractivity contribution in [3.05, 3.63) is 35.9 Å². The third-order valence-electron chi connectivity index (χ3n) is 4.58. The molecule has 1 atom stereocenters. The third-order valence-corrected chi connectivity index (χ3v) is 4.58. The number of nitrogens with one attached hydrogen (secondary N) is 1. The first-order valence-electron chi connectivity index (χ1n) is 10.2. The van der Waals surface area contributed by atoms with Crippen molar-refractivity contribution in [1.82, 2.24) is 5.32 Å². The minimum Gasteiger partial charge on any atom is -0.480 e. The first-order valence-corrected chi connectivity index (χ1v) is 10.2.